The molecule has 1 aromatic carbocycles. The van der Waals surface area contributed by atoms with Crippen molar-refractivity contribution in [3.05, 3.63) is 35.9 Å². The summed E-state index contributed by atoms with van der Waals surface area (Å²) in [5, 5.41) is 0. The van der Waals surface area contributed by atoms with Gasteiger partial charge in [0.2, 0.25) is 0 Å². The van der Waals surface area contributed by atoms with Gasteiger partial charge in [0.15, 0.2) is 0 Å². The van der Waals surface area contributed by atoms with Crippen LogP contribution in [0, 0.1) is 5.41 Å². The molecule has 0 bridgehead atoms. The van der Waals surface area contributed by atoms with E-state index in [9.17, 15) is 4.79 Å². The minimum atomic E-state index is -0.284. The second-order valence-electron chi connectivity index (χ2n) is 8.47. The Morgan fingerprint density at radius 3 is 2.46 bits per heavy atom. The maximum absolute atomic E-state index is 13.0. The highest BCUT2D eigenvalue weighted by molar-refractivity contribution is 5.81. The van der Waals surface area contributed by atoms with E-state index < -0.39 is 0 Å². The van der Waals surface area contributed by atoms with Crippen LogP contribution in [-0.2, 0) is 16.1 Å². The molecule has 26 heavy (non-hydrogen) atoms. The van der Waals surface area contributed by atoms with Gasteiger partial charge in [0.1, 0.15) is 6.10 Å². The van der Waals surface area contributed by atoms with Crippen LogP contribution in [0.25, 0.3) is 0 Å². The van der Waals surface area contributed by atoms with Crippen LogP contribution in [0.3, 0.4) is 0 Å². The second-order valence-corrected chi connectivity index (χ2v) is 8.47. The first kappa shape index (κ1) is 18.0. The van der Waals surface area contributed by atoms with Crippen LogP contribution in [0.15, 0.2) is 30.3 Å². The molecule has 1 spiro atoms. The lowest BCUT2D eigenvalue weighted by molar-refractivity contribution is -0.152. The zero-order valence-electron chi connectivity index (χ0n) is 15.9. The standard InChI is InChI=1S/C22H32N2O2/c25-21(24-13-11-22(12-14-24)9-5-2-6-10-22)20-18-23(15-16-26-20)17-19-7-3-1-4-8-19/h1,3-4,7-8,20H,2,5-6,9-18H2. The number of likely N-dealkylation sites (tertiary alicyclic amines) is 1. The van der Waals surface area contributed by atoms with Crippen molar-refractivity contribution in [1.82, 2.24) is 9.80 Å². The average Bonchev–Trinajstić information content (AvgIpc) is 2.70. The Hall–Kier alpha value is -1.39. The molecule has 0 N–H and O–H groups in total. The number of hydrogen-bond donors (Lipinski definition) is 0. The molecule has 1 unspecified atom stereocenters. The monoisotopic (exact) mass is 356 g/mol. The van der Waals surface area contributed by atoms with Crippen LogP contribution in [0.5, 0.6) is 0 Å². The van der Waals surface area contributed by atoms with Crippen LogP contribution in [0.1, 0.15) is 50.5 Å². The molecule has 1 aliphatic carbocycles. The number of morpholine rings is 1. The van der Waals surface area contributed by atoms with Crippen LogP contribution in [0.2, 0.25) is 0 Å². The Labute approximate surface area is 157 Å². The van der Waals surface area contributed by atoms with E-state index in [1.54, 1.807) is 0 Å². The molecule has 142 valence electrons. The Morgan fingerprint density at radius 1 is 1.00 bits per heavy atom. The van der Waals surface area contributed by atoms with Crippen molar-refractivity contribution < 1.29 is 9.53 Å². The molecule has 0 radical (unpaired) electrons. The molecule has 2 aliphatic heterocycles. The molecule has 1 saturated carbocycles. The van der Waals surface area contributed by atoms with Gasteiger partial charge >= 0.3 is 0 Å². The van der Waals surface area contributed by atoms with E-state index in [2.05, 4.69) is 34.1 Å². The molecule has 4 heteroatoms. The van der Waals surface area contributed by atoms with Gasteiger partial charge in [-0.15, -0.1) is 0 Å². The van der Waals surface area contributed by atoms with Crippen molar-refractivity contribution in [1.29, 1.82) is 0 Å². The maximum Gasteiger partial charge on any atom is 0.253 e. The first-order valence-corrected chi connectivity index (χ1v) is 10.4. The lowest BCUT2D eigenvalue weighted by Gasteiger charge is -2.45. The molecule has 1 amide bonds. The van der Waals surface area contributed by atoms with Crippen LogP contribution in [-0.4, -0.2) is 54.6 Å². The van der Waals surface area contributed by atoms with E-state index in [1.165, 1.54) is 50.5 Å². The Kier molecular flexibility index (Phi) is 5.60. The number of nitrogens with zero attached hydrogens (tertiary/aromatic N) is 2. The summed E-state index contributed by atoms with van der Waals surface area (Å²) in [5.41, 5.74) is 1.85. The van der Waals surface area contributed by atoms with Crippen LogP contribution in [0.4, 0.5) is 0 Å². The zero-order valence-corrected chi connectivity index (χ0v) is 15.9. The highest BCUT2D eigenvalue weighted by Gasteiger charge is 2.38. The first-order chi connectivity index (χ1) is 12.7. The third kappa shape index (κ3) is 4.12. The third-order valence-corrected chi connectivity index (χ3v) is 6.73. The molecule has 4 rings (SSSR count). The lowest BCUT2D eigenvalue weighted by Crippen LogP contribution is -2.53. The maximum atomic E-state index is 13.0. The van der Waals surface area contributed by atoms with Gasteiger partial charge in [-0.3, -0.25) is 9.69 Å². The van der Waals surface area contributed by atoms with Crippen molar-refractivity contribution in [3.63, 3.8) is 0 Å². The summed E-state index contributed by atoms with van der Waals surface area (Å²) >= 11 is 0. The summed E-state index contributed by atoms with van der Waals surface area (Å²) in [6.07, 6.45) is 9.02. The number of rotatable bonds is 3. The van der Waals surface area contributed by atoms with Crippen molar-refractivity contribution in [3.8, 4) is 0 Å². The summed E-state index contributed by atoms with van der Waals surface area (Å²) in [4.78, 5) is 17.4. The van der Waals surface area contributed by atoms with E-state index in [0.717, 1.165) is 32.7 Å². The second kappa shape index (κ2) is 8.10. The Bertz CT molecular complexity index is 587. The van der Waals surface area contributed by atoms with Gasteiger partial charge in [-0.25, -0.2) is 0 Å². The highest BCUT2D eigenvalue weighted by Crippen LogP contribution is 2.44. The van der Waals surface area contributed by atoms with Crippen molar-refractivity contribution in [2.24, 2.45) is 5.41 Å². The largest absolute Gasteiger partial charge is 0.366 e. The van der Waals surface area contributed by atoms with Crippen LogP contribution < -0.4 is 0 Å². The number of hydrogen-bond acceptors (Lipinski definition) is 3. The Morgan fingerprint density at radius 2 is 1.73 bits per heavy atom. The van der Waals surface area contributed by atoms with Crippen molar-refractivity contribution in [2.45, 2.75) is 57.6 Å². The fraction of sp³-hybridized carbons (Fsp3) is 0.682. The molecule has 1 aromatic rings. The van der Waals surface area contributed by atoms with E-state index in [0.29, 0.717) is 12.0 Å². The summed E-state index contributed by atoms with van der Waals surface area (Å²) < 4.78 is 5.87. The van der Waals surface area contributed by atoms with E-state index in [1.807, 2.05) is 6.07 Å². The smallest absolute Gasteiger partial charge is 0.253 e. The zero-order chi connectivity index (χ0) is 17.8. The molecule has 1 atom stereocenters. The topological polar surface area (TPSA) is 32.8 Å². The normalized spacial score (nSPS) is 26.8. The van der Waals surface area contributed by atoms with E-state index in [-0.39, 0.29) is 12.0 Å². The summed E-state index contributed by atoms with van der Waals surface area (Å²) in [5.74, 6) is 0.216. The average molecular weight is 357 g/mol. The molecular formula is C22H32N2O2. The quantitative estimate of drug-likeness (QED) is 0.831. The molecule has 0 aromatic heterocycles. The summed E-state index contributed by atoms with van der Waals surface area (Å²) in [7, 11) is 0. The number of carbonyl (C=O) groups excluding carboxylic acids is 1. The molecular weight excluding hydrogens is 324 g/mol. The van der Waals surface area contributed by atoms with Gasteiger partial charge in [-0.05, 0) is 36.7 Å². The summed E-state index contributed by atoms with van der Waals surface area (Å²) in [6, 6.07) is 10.5. The molecule has 3 fully saturated rings. The van der Waals surface area contributed by atoms with Gasteiger partial charge < -0.3 is 9.64 Å². The number of amides is 1. The van der Waals surface area contributed by atoms with Gasteiger partial charge in [-0.2, -0.15) is 0 Å². The van der Waals surface area contributed by atoms with Gasteiger partial charge in [0.05, 0.1) is 6.61 Å². The molecule has 2 heterocycles. The summed E-state index contributed by atoms with van der Waals surface area (Å²) in [6.45, 7) is 5.03. The van der Waals surface area contributed by atoms with Crippen LogP contribution >= 0.6 is 0 Å². The fourth-order valence-corrected chi connectivity index (χ4v) is 5.04. The molecule has 3 aliphatic rings. The highest BCUT2D eigenvalue weighted by atomic mass is 16.5. The Balaban J connectivity index is 1.30. The van der Waals surface area contributed by atoms with E-state index >= 15 is 0 Å². The number of piperidine rings is 1. The number of ether oxygens (including phenoxy) is 1. The van der Waals surface area contributed by atoms with Gasteiger partial charge in [0, 0.05) is 32.7 Å². The van der Waals surface area contributed by atoms with Crippen molar-refractivity contribution >= 4 is 5.91 Å². The minimum Gasteiger partial charge on any atom is -0.366 e. The first-order valence-electron chi connectivity index (χ1n) is 10.4. The third-order valence-electron chi connectivity index (χ3n) is 6.73. The SMILES string of the molecule is O=C(C1CN(Cc2ccccc2)CCO1)N1CCC2(CCCCC2)CC1. The number of carbonyl (C=O) groups is 1. The number of benzene rings is 1. The van der Waals surface area contributed by atoms with Crippen molar-refractivity contribution in [2.75, 3.05) is 32.8 Å². The minimum absolute atomic E-state index is 0.216. The lowest BCUT2D eigenvalue weighted by atomic mass is 9.68. The van der Waals surface area contributed by atoms with E-state index in [4.69, 9.17) is 4.74 Å². The van der Waals surface area contributed by atoms with Gasteiger partial charge in [0.25, 0.3) is 5.91 Å². The molecule has 2 saturated heterocycles. The fourth-order valence-electron chi connectivity index (χ4n) is 5.04. The predicted molar refractivity (Wildman–Crippen MR) is 103 cm³/mol. The molecule has 4 nitrogen and oxygen atoms in total. The van der Waals surface area contributed by atoms with Gasteiger partial charge in [-0.1, -0.05) is 49.6 Å². The predicted octanol–water partition coefficient (Wildman–Crippen LogP) is 3.46.